The first kappa shape index (κ1) is 10.9. The van der Waals surface area contributed by atoms with E-state index < -0.39 is 0 Å². The van der Waals surface area contributed by atoms with Gasteiger partial charge in [-0.3, -0.25) is 4.57 Å². The molecule has 3 rings (SSSR count). The van der Waals surface area contributed by atoms with Gasteiger partial charge in [0.1, 0.15) is 24.2 Å². The number of nitrogens with zero attached hydrogens (tertiary/aromatic N) is 6. The van der Waals surface area contributed by atoms with E-state index in [-0.39, 0.29) is 5.69 Å². The third kappa shape index (κ3) is 1.68. The third-order valence-corrected chi connectivity index (χ3v) is 2.71. The van der Waals surface area contributed by atoms with Gasteiger partial charge in [-0.05, 0) is 24.3 Å². The van der Waals surface area contributed by atoms with Crippen molar-refractivity contribution in [3.63, 3.8) is 0 Å². The Balaban J connectivity index is 2.21. The fraction of sp³-hybridized carbons (Fsp3) is 0. The van der Waals surface area contributed by atoms with Gasteiger partial charge in [-0.2, -0.15) is 10.5 Å². The number of fused-ring (bicyclic) bond motifs is 1. The minimum atomic E-state index is 0.248. The molecule has 0 spiro atoms. The van der Waals surface area contributed by atoms with Crippen LogP contribution in [0.15, 0.2) is 36.9 Å². The zero-order valence-electron chi connectivity index (χ0n) is 9.65. The first-order chi connectivity index (χ1) is 9.33. The van der Waals surface area contributed by atoms with Gasteiger partial charge in [-0.15, -0.1) is 0 Å². The summed E-state index contributed by atoms with van der Waals surface area (Å²) < 4.78 is 1.75. The highest BCUT2D eigenvalue weighted by Crippen LogP contribution is 2.17. The second-order valence-electron chi connectivity index (χ2n) is 3.78. The molecule has 0 aliphatic rings. The van der Waals surface area contributed by atoms with Crippen LogP contribution in [0.5, 0.6) is 0 Å². The van der Waals surface area contributed by atoms with Crippen LogP contribution in [0.25, 0.3) is 16.9 Å². The fourth-order valence-corrected chi connectivity index (χ4v) is 1.80. The van der Waals surface area contributed by atoms with Crippen molar-refractivity contribution in [2.45, 2.75) is 0 Å². The molecule has 0 aliphatic carbocycles. The molecule has 2 aromatic heterocycles. The molecule has 1 aromatic carbocycles. The normalized spacial score (nSPS) is 10.0. The lowest BCUT2D eigenvalue weighted by molar-refractivity contribution is 1.06. The summed E-state index contributed by atoms with van der Waals surface area (Å²) in [5.74, 6) is 0. The predicted molar refractivity (Wildman–Crippen MR) is 66.1 cm³/mol. The van der Waals surface area contributed by atoms with Gasteiger partial charge in [0.15, 0.2) is 11.3 Å². The molecule has 0 atom stereocenters. The summed E-state index contributed by atoms with van der Waals surface area (Å²) in [5.41, 5.74) is 2.69. The summed E-state index contributed by atoms with van der Waals surface area (Å²) in [4.78, 5) is 12.2. The van der Waals surface area contributed by atoms with Crippen molar-refractivity contribution in [1.29, 1.82) is 10.5 Å². The molecule has 0 amide bonds. The Morgan fingerprint density at radius 3 is 2.42 bits per heavy atom. The first-order valence-corrected chi connectivity index (χ1v) is 5.42. The number of hydrogen-bond donors (Lipinski definition) is 0. The maximum atomic E-state index is 8.96. The zero-order valence-corrected chi connectivity index (χ0v) is 9.65. The molecule has 0 unspecified atom stereocenters. The van der Waals surface area contributed by atoms with E-state index in [1.54, 1.807) is 35.2 Å². The van der Waals surface area contributed by atoms with Gasteiger partial charge in [0.05, 0.1) is 11.6 Å². The Morgan fingerprint density at radius 1 is 0.947 bits per heavy atom. The quantitative estimate of drug-likeness (QED) is 0.649. The number of hydrogen-bond acceptors (Lipinski definition) is 5. The van der Waals surface area contributed by atoms with Crippen LogP contribution >= 0.6 is 0 Å². The monoisotopic (exact) mass is 246 g/mol. The minimum Gasteiger partial charge on any atom is -0.283 e. The van der Waals surface area contributed by atoms with Gasteiger partial charge < -0.3 is 0 Å². The lowest BCUT2D eigenvalue weighted by atomic mass is 10.2. The summed E-state index contributed by atoms with van der Waals surface area (Å²) in [5, 5.41) is 17.7. The molecule has 19 heavy (non-hydrogen) atoms. The van der Waals surface area contributed by atoms with Crippen molar-refractivity contribution in [2.24, 2.45) is 0 Å². The van der Waals surface area contributed by atoms with Crippen LogP contribution in [-0.4, -0.2) is 19.5 Å². The Kier molecular flexibility index (Phi) is 2.41. The van der Waals surface area contributed by atoms with E-state index in [9.17, 15) is 0 Å². The summed E-state index contributed by atoms with van der Waals surface area (Å²) in [6.45, 7) is 0. The summed E-state index contributed by atoms with van der Waals surface area (Å²) >= 11 is 0. The number of aromatic nitrogens is 4. The molecule has 6 heteroatoms. The zero-order chi connectivity index (χ0) is 13.2. The average molecular weight is 246 g/mol. The Labute approximate surface area is 108 Å². The third-order valence-electron chi connectivity index (χ3n) is 2.71. The molecule has 0 bridgehead atoms. The molecule has 0 fully saturated rings. The van der Waals surface area contributed by atoms with Gasteiger partial charge in [0, 0.05) is 5.69 Å². The predicted octanol–water partition coefficient (Wildman–Crippen LogP) is 1.56. The van der Waals surface area contributed by atoms with Gasteiger partial charge in [-0.25, -0.2) is 15.0 Å². The van der Waals surface area contributed by atoms with E-state index in [2.05, 4.69) is 21.0 Å². The van der Waals surface area contributed by atoms with Gasteiger partial charge in [0.25, 0.3) is 0 Å². The smallest absolute Gasteiger partial charge is 0.171 e. The fourth-order valence-electron chi connectivity index (χ4n) is 1.80. The molecule has 2 heterocycles. The molecular weight excluding hydrogens is 240 g/mol. The molecule has 0 aliphatic heterocycles. The molecule has 3 aromatic rings. The molecule has 6 nitrogen and oxygen atoms in total. The van der Waals surface area contributed by atoms with Crippen molar-refractivity contribution in [1.82, 2.24) is 19.5 Å². The molecule has 0 N–H and O–H groups in total. The number of rotatable bonds is 1. The maximum absolute atomic E-state index is 8.96. The van der Waals surface area contributed by atoms with Crippen molar-refractivity contribution in [3.05, 3.63) is 48.2 Å². The molecular formula is C13H6N6. The summed E-state index contributed by atoms with van der Waals surface area (Å²) in [6, 6.07) is 11.1. The van der Waals surface area contributed by atoms with E-state index in [1.165, 1.54) is 6.33 Å². The molecule has 88 valence electrons. The minimum absolute atomic E-state index is 0.248. The van der Waals surface area contributed by atoms with Crippen LogP contribution in [0.3, 0.4) is 0 Å². The van der Waals surface area contributed by atoms with Crippen molar-refractivity contribution < 1.29 is 0 Å². The standard InChI is InChI=1S/C13H6N6/c14-5-9-1-3-10(4-2-9)19-8-18-12-11(6-15)16-7-17-13(12)19/h1-4,7-8H. The van der Waals surface area contributed by atoms with E-state index >= 15 is 0 Å². The maximum Gasteiger partial charge on any atom is 0.171 e. The van der Waals surface area contributed by atoms with Crippen LogP contribution in [0.1, 0.15) is 11.3 Å². The van der Waals surface area contributed by atoms with Gasteiger partial charge >= 0.3 is 0 Å². The molecule has 0 saturated carbocycles. The van der Waals surface area contributed by atoms with Crippen LogP contribution in [0, 0.1) is 22.7 Å². The van der Waals surface area contributed by atoms with Crippen LogP contribution in [0.4, 0.5) is 0 Å². The number of benzene rings is 1. The highest BCUT2D eigenvalue weighted by molar-refractivity contribution is 5.77. The van der Waals surface area contributed by atoms with E-state index in [0.29, 0.717) is 16.7 Å². The molecule has 0 radical (unpaired) electrons. The van der Waals surface area contributed by atoms with E-state index in [0.717, 1.165) is 5.69 Å². The topological polar surface area (TPSA) is 91.2 Å². The second kappa shape index (κ2) is 4.21. The van der Waals surface area contributed by atoms with E-state index in [1.807, 2.05) is 6.07 Å². The van der Waals surface area contributed by atoms with Crippen LogP contribution in [0.2, 0.25) is 0 Å². The van der Waals surface area contributed by atoms with Gasteiger partial charge in [0.2, 0.25) is 0 Å². The number of nitriles is 2. The highest BCUT2D eigenvalue weighted by Gasteiger charge is 2.10. The van der Waals surface area contributed by atoms with E-state index in [4.69, 9.17) is 10.5 Å². The number of imidazole rings is 1. The summed E-state index contributed by atoms with van der Waals surface area (Å²) in [7, 11) is 0. The Hall–Kier alpha value is -3.25. The lowest BCUT2D eigenvalue weighted by Gasteiger charge is -2.02. The summed E-state index contributed by atoms with van der Waals surface area (Å²) in [6.07, 6.45) is 2.92. The van der Waals surface area contributed by atoms with Crippen molar-refractivity contribution in [2.75, 3.05) is 0 Å². The Morgan fingerprint density at radius 2 is 1.74 bits per heavy atom. The average Bonchev–Trinajstić information content (AvgIpc) is 2.91. The SMILES string of the molecule is N#Cc1ccc(-n2cnc3c(C#N)ncnc32)cc1. The first-order valence-electron chi connectivity index (χ1n) is 5.42. The Bertz CT molecular complexity index is 832. The largest absolute Gasteiger partial charge is 0.283 e. The van der Waals surface area contributed by atoms with Crippen LogP contribution < -0.4 is 0 Å². The second-order valence-corrected chi connectivity index (χ2v) is 3.78. The lowest BCUT2D eigenvalue weighted by Crippen LogP contribution is -1.95. The highest BCUT2D eigenvalue weighted by atomic mass is 15.1. The molecule has 0 saturated heterocycles. The van der Waals surface area contributed by atoms with Crippen molar-refractivity contribution >= 4 is 11.2 Å². The van der Waals surface area contributed by atoms with Gasteiger partial charge in [-0.1, -0.05) is 0 Å². The van der Waals surface area contributed by atoms with Crippen LogP contribution in [-0.2, 0) is 0 Å². The van der Waals surface area contributed by atoms with Crippen molar-refractivity contribution in [3.8, 4) is 17.8 Å².